The summed E-state index contributed by atoms with van der Waals surface area (Å²) >= 11 is 0. The van der Waals surface area contributed by atoms with Crippen molar-refractivity contribution >= 4 is 59.9 Å². The number of aliphatic hydroxyl groups is 4. The van der Waals surface area contributed by atoms with Crippen LogP contribution in [0.3, 0.4) is 0 Å². The molecule has 4 fully saturated rings. The number of nitrogens with zero attached hydrogens (tertiary/aromatic N) is 20. The van der Waals surface area contributed by atoms with Gasteiger partial charge in [-0.15, -0.1) is 0 Å². The normalized spacial score (nSPS) is 16.0. The number of methoxy groups -OCH3 is 8. The first kappa shape index (κ1) is 108. The maximum Gasteiger partial charge on any atom is 0.336 e. The van der Waals surface area contributed by atoms with Gasteiger partial charge in [0.25, 0.3) is 0 Å². The summed E-state index contributed by atoms with van der Waals surface area (Å²) in [6.45, 7) is -7.68. The molecule has 0 spiro atoms. The Morgan fingerprint density at radius 1 is 0.269 bits per heavy atom. The predicted octanol–water partition coefficient (Wildman–Crippen LogP) is -11.1. The Hall–Kier alpha value is -12.9. The number of hydrogen-bond acceptors (Lipinski definition) is 40. The van der Waals surface area contributed by atoms with Gasteiger partial charge in [-0.05, 0) is 27.7 Å². The van der Waals surface area contributed by atoms with Crippen LogP contribution in [0.1, 0.15) is 66.2 Å². The maximum absolute atomic E-state index is 13.6. The molecule has 4 aromatic heterocycles. The number of aromatic nitrogens is 12. The second-order valence-corrected chi connectivity index (χ2v) is 30.7. The zero-order valence-corrected chi connectivity index (χ0v) is 75.8. The second-order valence-electron chi connectivity index (χ2n) is 30.7. The molecule has 4 N–H and O–H groups in total. The molecule has 4 aliphatic rings. The number of rotatable bonds is 54. The number of carbonyl (C=O) groups is 10. The highest BCUT2D eigenvalue weighted by Gasteiger charge is 2.61. The fourth-order valence-corrected chi connectivity index (χ4v) is 14.1. The van der Waals surface area contributed by atoms with Crippen molar-refractivity contribution in [3.63, 3.8) is 0 Å². The molecule has 4 aromatic rings. The molecule has 60 heteroatoms. The Morgan fingerprint density at radius 2 is 0.470 bits per heavy atom. The molecule has 60 nitrogen and oxygen atoms in total. The molecule has 4 aliphatic heterocycles. The van der Waals surface area contributed by atoms with E-state index in [1.165, 1.54) is 110 Å². The van der Waals surface area contributed by atoms with Crippen molar-refractivity contribution in [2.75, 3.05) is 164 Å². The van der Waals surface area contributed by atoms with Crippen molar-refractivity contribution in [1.82, 2.24) is 94.0 Å². The van der Waals surface area contributed by atoms with Gasteiger partial charge in [-0.3, -0.25) is 68.0 Å². The van der Waals surface area contributed by atoms with Gasteiger partial charge in [0.15, 0.2) is 24.7 Å². The average Bonchev–Trinajstić information content (AvgIpc) is 1.57. The van der Waals surface area contributed by atoms with E-state index in [1.54, 1.807) is 0 Å². The quantitative estimate of drug-likeness (QED) is 0.0181. The molecule has 8 heterocycles. The first-order valence-electron chi connectivity index (χ1n) is 41.2. The highest BCUT2D eigenvalue weighted by atomic mass is 16.6. The predicted molar refractivity (Wildman–Crippen MR) is 444 cm³/mol. The van der Waals surface area contributed by atoms with Crippen molar-refractivity contribution < 1.29 is 135 Å². The highest BCUT2D eigenvalue weighted by molar-refractivity contribution is 5.86. The molecule has 4 saturated heterocycles. The lowest BCUT2D eigenvalue weighted by Gasteiger charge is -2.28. The zero-order valence-electron chi connectivity index (χ0n) is 75.8. The van der Waals surface area contributed by atoms with Gasteiger partial charge in [0.05, 0.1) is 131 Å². The molecule has 0 bridgehead atoms. The van der Waals surface area contributed by atoms with Gasteiger partial charge >= 0.3 is 128 Å². The lowest BCUT2D eigenvalue weighted by atomic mass is 10.1. The third-order valence-corrected chi connectivity index (χ3v) is 20.4. The molecule has 4 unspecified atom stereocenters. The summed E-state index contributed by atoms with van der Waals surface area (Å²) < 4.78 is 78.9. The number of ether oxygens (including phenoxy) is 14. The minimum Gasteiger partial charge on any atom is -0.469 e. The number of esters is 6. The average molecular weight is 1920 g/mol. The van der Waals surface area contributed by atoms with Crippen molar-refractivity contribution in [2.24, 2.45) is 0 Å². The molecule has 0 radical (unpaired) electrons. The van der Waals surface area contributed by atoms with Crippen LogP contribution in [0.2, 0.25) is 0 Å². The molecule has 0 aromatic carbocycles. The summed E-state index contributed by atoms with van der Waals surface area (Å²) in [5.41, 5.74) is -16.6. The lowest BCUT2D eigenvalue weighted by Crippen LogP contribution is -2.55. The fourth-order valence-electron chi connectivity index (χ4n) is 14.1. The van der Waals surface area contributed by atoms with E-state index >= 15 is 0 Å². The molecule has 4 atom stereocenters. The summed E-state index contributed by atoms with van der Waals surface area (Å²) in [5, 5.41) is 38.4. The molecule has 748 valence electrons. The lowest BCUT2D eigenvalue weighted by molar-refractivity contribution is -0.160. The van der Waals surface area contributed by atoms with Crippen LogP contribution in [0, 0.1) is 0 Å². The van der Waals surface area contributed by atoms with Crippen LogP contribution >= 0.6 is 0 Å². The van der Waals surface area contributed by atoms with Gasteiger partial charge in [0, 0.05) is 81.9 Å². The maximum atomic E-state index is 13.6. The largest absolute Gasteiger partial charge is 0.469 e. The van der Waals surface area contributed by atoms with Gasteiger partial charge in [0.2, 0.25) is 0 Å². The van der Waals surface area contributed by atoms with E-state index < -0.39 is 347 Å². The van der Waals surface area contributed by atoms with E-state index in [9.17, 15) is 126 Å². The van der Waals surface area contributed by atoms with Crippen LogP contribution in [-0.2, 0) is 174 Å². The zero-order chi connectivity index (χ0) is 99.5. The van der Waals surface area contributed by atoms with Crippen LogP contribution in [0.4, 0.5) is 19.2 Å². The van der Waals surface area contributed by atoms with Gasteiger partial charge in [-0.2, -0.15) is 0 Å². The highest BCUT2D eigenvalue weighted by Crippen LogP contribution is 2.37. The first-order valence-corrected chi connectivity index (χ1v) is 41.2. The Kier molecular flexibility index (Phi) is 40.1. The molecule has 0 aliphatic carbocycles. The van der Waals surface area contributed by atoms with Gasteiger partial charge in [-0.25, -0.2) is 132 Å². The summed E-state index contributed by atoms with van der Waals surface area (Å²) in [6, 6.07) is -2.17. The third-order valence-electron chi connectivity index (χ3n) is 20.4. The molecule has 134 heavy (non-hydrogen) atoms. The number of urea groups is 4. The van der Waals surface area contributed by atoms with Crippen molar-refractivity contribution in [3.05, 3.63) is 126 Å². The van der Waals surface area contributed by atoms with Gasteiger partial charge in [0.1, 0.15) is 79.3 Å². The van der Waals surface area contributed by atoms with Crippen LogP contribution in [0.15, 0.2) is 57.5 Å². The van der Waals surface area contributed by atoms with Crippen LogP contribution in [-0.4, -0.2) is 374 Å². The summed E-state index contributed by atoms with van der Waals surface area (Å²) in [7, 11) is 10.3. The summed E-state index contributed by atoms with van der Waals surface area (Å²) in [6.07, 6.45) is -6.95. The van der Waals surface area contributed by atoms with E-state index in [1.807, 2.05) is 0 Å². The molecule has 8 amide bonds. The Morgan fingerprint density at radius 3 is 0.687 bits per heavy atom. The standard InChI is InChI=1S/2C37H56N10O20/c1-37(2,60)19-67-26(51)9-12-40-30(53)38(10-7-24(49)64-6)29(52)39(31(40)54)11-8-25(50)66-18-15-43-33(56)41(13-16-48)32(55)42(34(43)57)14-17-65-23-47-28-27(45(21-62-4)36(47)59)44(20-61-3)35(58)46(28)22-63-5;1-37(2,19-49)67-26(52)9-12-40-30(54)38(10-7-24(50)64-6)29(53)39(31(40)55)11-8-25(51)66-18-15-43-33(57)41(13-16-48)32(56)42(34(43)58)14-17-65-23-47-28-27(45(21-62-4)36(47)60)44(20-61-3)35(59)46(28)22-63-5/h27-28,48,60H,7-23H2,1-6H3;27-28,48-49H,7-23H2,1-6H3. The summed E-state index contributed by atoms with van der Waals surface area (Å²) in [4.78, 5) is 298. The number of carbonyl (C=O) groups excluding carboxylic acids is 10. The fraction of sp³-hybridized carbons (Fsp3) is 0.703. The number of hydrogen-bond donors (Lipinski definition) is 4. The van der Waals surface area contributed by atoms with Crippen molar-refractivity contribution in [2.45, 2.75) is 181 Å². The smallest absolute Gasteiger partial charge is 0.336 e. The molecule has 0 saturated carbocycles. The van der Waals surface area contributed by atoms with Crippen molar-refractivity contribution in [1.29, 1.82) is 0 Å². The Labute approximate surface area is 756 Å². The first-order chi connectivity index (χ1) is 63.6. The van der Waals surface area contributed by atoms with Crippen LogP contribution in [0.5, 0.6) is 0 Å². The Balaban J connectivity index is 0.000000366. The van der Waals surface area contributed by atoms with Gasteiger partial charge in [-0.1, -0.05) is 0 Å². The van der Waals surface area contributed by atoms with Gasteiger partial charge < -0.3 is 86.7 Å². The number of aliphatic hydroxyl groups excluding tert-OH is 3. The topological polar surface area (TPSA) is 671 Å². The monoisotopic (exact) mass is 1920 g/mol. The van der Waals surface area contributed by atoms with Crippen molar-refractivity contribution in [3.8, 4) is 0 Å². The molecule has 8 rings (SSSR count). The van der Waals surface area contributed by atoms with E-state index in [4.69, 9.17) is 56.8 Å². The van der Waals surface area contributed by atoms with E-state index in [0.29, 0.717) is 54.8 Å². The Bertz CT molecular complexity index is 5640. The van der Waals surface area contributed by atoms with E-state index in [-0.39, 0.29) is 40.4 Å². The second kappa shape index (κ2) is 49.7. The van der Waals surface area contributed by atoms with E-state index in [2.05, 4.69) is 9.47 Å². The summed E-state index contributed by atoms with van der Waals surface area (Å²) in [5.74, 6) is -5.47. The third kappa shape index (κ3) is 25.9. The number of fused-ring (bicyclic) bond motifs is 2. The molecular weight excluding hydrogens is 1810 g/mol. The minimum atomic E-state index is -1.37. The number of amides is 8. The van der Waals surface area contributed by atoms with E-state index in [0.717, 1.165) is 14.2 Å². The SMILES string of the molecule is COCN1C(=O)N(COC)C2C1N(COC)C(=O)N2COCCn1c(=O)n(CCO)c(=O)n(CCOC(=O)CCn2c(=O)n(CCC(=O)OC)c(=O)n(CCC(=O)OC(C)(C)CO)c2=O)c1=O.COCN1C(=O)N(COC)C2C1N(COC)C(=O)N2COCCn1c(=O)n(CCO)c(=O)n(CCOC(=O)CCn2c(=O)n(CCC(=O)OC)c(=O)n(CCC(=O)OCC(C)(C)O)c2=O)c1=O. The van der Waals surface area contributed by atoms with Crippen LogP contribution < -0.4 is 68.3 Å². The minimum absolute atomic E-state index is 0.169. The molecular formula is C74H112N20O40. The van der Waals surface area contributed by atoms with Crippen LogP contribution in [0.25, 0.3) is 0 Å².